The molecule has 1 amide bonds. The smallest absolute Gasteiger partial charge is 0.220 e. The van der Waals surface area contributed by atoms with E-state index in [1.165, 1.54) is 6.07 Å². The first-order chi connectivity index (χ1) is 14.4. The molecule has 1 aliphatic rings. The second kappa shape index (κ2) is 8.60. The first-order valence-electron chi connectivity index (χ1n) is 10.2. The minimum Gasteiger partial charge on any atom is -0.371 e. The topological polar surface area (TPSA) is 45.2 Å². The highest BCUT2D eigenvalue weighted by molar-refractivity contribution is 6.30. The molecule has 30 heavy (non-hydrogen) atoms. The highest BCUT2D eigenvalue weighted by Crippen LogP contribution is 2.37. The van der Waals surface area contributed by atoms with E-state index in [4.69, 9.17) is 11.6 Å². The van der Waals surface area contributed by atoms with Crippen LogP contribution in [0.3, 0.4) is 0 Å². The van der Waals surface area contributed by atoms with Gasteiger partial charge in [0, 0.05) is 48.3 Å². The molecular formula is C24H25ClFN3O. The largest absolute Gasteiger partial charge is 0.371 e. The predicted octanol–water partition coefficient (Wildman–Crippen LogP) is 5.34. The molecule has 4 rings (SSSR count). The number of pyridine rings is 1. The number of hydrogen-bond donors (Lipinski definition) is 1. The molecule has 0 atom stereocenters. The number of anilines is 1. The van der Waals surface area contributed by atoms with Gasteiger partial charge >= 0.3 is 0 Å². The number of amides is 1. The summed E-state index contributed by atoms with van der Waals surface area (Å²) in [4.78, 5) is 19.1. The standard InChI is InChI=1S/C24H25ClFN3O/c1-24(15-23(30)28-16-17-2-4-18(25)5-3-17)9-12-29(13-10-24)22-8-11-27-21-7-6-19(26)14-20(21)22/h2-8,11,14H,9-10,12-13,15-16H2,1H3,(H,28,30). The third kappa shape index (κ3) is 4.73. The third-order valence-electron chi connectivity index (χ3n) is 5.98. The fraction of sp³-hybridized carbons (Fsp3) is 0.333. The van der Waals surface area contributed by atoms with Gasteiger partial charge in [0.15, 0.2) is 0 Å². The molecule has 1 saturated heterocycles. The zero-order chi connectivity index (χ0) is 21.1. The Balaban J connectivity index is 1.36. The first kappa shape index (κ1) is 20.6. The molecule has 6 heteroatoms. The normalized spacial score (nSPS) is 15.9. The van der Waals surface area contributed by atoms with Crippen LogP contribution in [-0.2, 0) is 11.3 Å². The van der Waals surface area contributed by atoms with Crippen molar-refractivity contribution in [3.8, 4) is 0 Å². The van der Waals surface area contributed by atoms with E-state index >= 15 is 0 Å². The van der Waals surface area contributed by atoms with Crippen LogP contribution in [0.5, 0.6) is 0 Å². The van der Waals surface area contributed by atoms with Crippen LogP contribution in [0.25, 0.3) is 10.9 Å². The molecule has 1 N–H and O–H groups in total. The van der Waals surface area contributed by atoms with Crippen molar-refractivity contribution in [3.05, 3.63) is 71.1 Å². The van der Waals surface area contributed by atoms with E-state index in [2.05, 4.69) is 22.1 Å². The molecule has 1 aromatic heterocycles. The third-order valence-corrected chi connectivity index (χ3v) is 6.23. The Bertz CT molecular complexity index is 1050. The number of piperidine rings is 1. The molecule has 0 saturated carbocycles. The Labute approximate surface area is 181 Å². The molecule has 0 radical (unpaired) electrons. The van der Waals surface area contributed by atoms with Crippen LogP contribution in [0, 0.1) is 11.2 Å². The van der Waals surface area contributed by atoms with Gasteiger partial charge in [-0.05, 0) is 60.2 Å². The Kier molecular flexibility index (Phi) is 5.91. The SMILES string of the molecule is CC1(CC(=O)NCc2ccc(Cl)cc2)CCN(c2ccnc3ccc(F)cc23)CC1. The van der Waals surface area contributed by atoms with E-state index in [0.717, 1.165) is 48.1 Å². The molecule has 0 bridgehead atoms. The Hall–Kier alpha value is -2.66. The van der Waals surface area contributed by atoms with E-state index < -0.39 is 0 Å². The van der Waals surface area contributed by atoms with E-state index in [1.807, 2.05) is 30.3 Å². The van der Waals surface area contributed by atoms with Crippen molar-refractivity contribution >= 4 is 34.1 Å². The van der Waals surface area contributed by atoms with Crippen LogP contribution in [0.15, 0.2) is 54.7 Å². The van der Waals surface area contributed by atoms with Crippen LogP contribution in [0.2, 0.25) is 5.02 Å². The van der Waals surface area contributed by atoms with Crippen molar-refractivity contribution in [2.75, 3.05) is 18.0 Å². The quantitative estimate of drug-likeness (QED) is 0.600. The van der Waals surface area contributed by atoms with Gasteiger partial charge in [-0.3, -0.25) is 9.78 Å². The van der Waals surface area contributed by atoms with E-state index in [0.29, 0.717) is 18.0 Å². The Morgan fingerprint density at radius 2 is 1.90 bits per heavy atom. The van der Waals surface area contributed by atoms with Crippen molar-refractivity contribution < 1.29 is 9.18 Å². The lowest BCUT2D eigenvalue weighted by atomic mass is 9.77. The van der Waals surface area contributed by atoms with Crippen molar-refractivity contribution in [1.82, 2.24) is 10.3 Å². The molecule has 3 aromatic rings. The molecule has 1 fully saturated rings. The lowest BCUT2D eigenvalue weighted by Crippen LogP contribution is -2.41. The fourth-order valence-electron chi connectivity index (χ4n) is 4.10. The van der Waals surface area contributed by atoms with Crippen molar-refractivity contribution in [2.24, 2.45) is 5.41 Å². The maximum absolute atomic E-state index is 13.8. The molecule has 2 aromatic carbocycles. The van der Waals surface area contributed by atoms with E-state index in [9.17, 15) is 9.18 Å². The average Bonchev–Trinajstić information content (AvgIpc) is 2.73. The van der Waals surface area contributed by atoms with Crippen LogP contribution < -0.4 is 10.2 Å². The maximum atomic E-state index is 13.8. The van der Waals surface area contributed by atoms with E-state index in [-0.39, 0.29) is 17.1 Å². The Morgan fingerprint density at radius 3 is 2.63 bits per heavy atom. The summed E-state index contributed by atoms with van der Waals surface area (Å²) in [6.45, 7) is 4.34. The summed E-state index contributed by atoms with van der Waals surface area (Å²) in [5.41, 5.74) is 2.79. The number of nitrogens with zero attached hydrogens (tertiary/aromatic N) is 2. The molecule has 156 valence electrons. The van der Waals surface area contributed by atoms with Gasteiger partial charge in [-0.25, -0.2) is 4.39 Å². The van der Waals surface area contributed by atoms with Gasteiger partial charge < -0.3 is 10.2 Å². The monoisotopic (exact) mass is 425 g/mol. The predicted molar refractivity (Wildman–Crippen MR) is 119 cm³/mol. The molecule has 0 spiro atoms. The minimum absolute atomic E-state index is 0.0470. The number of rotatable bonds is 5. The maximum Gasteiger partial charge on any atom is 0.220 e. The van der Waals surface area contributed by atoms with Gasteiger partial charge in [0.2, 0.25) is 5.91 Å². The summed E-state index contributed by atoms with van der Waals surface area (Å²) < 4.78 is 13.8. The molecule has 0 aliphatic carbocycles. The molecule has 1 aliphatic heterocycles. The molecular weight excluding hydrogens is 401 g/mol. The van der Waals surface area contributed by atoms with Gasteiger partial charge in [0.05, 0.1) is 5.52 Å². The number of aromatic nitrogens is 1. The van der Waals surface area contributed by atoms with Crippen molar-refractivity contribution in [2.45, 2.75) is 32.7 Å². The molecule has 4 nitrogen and oxygen atoms in total. The summed E-state index contributed by atoms with van der Waals surface area (Å²) in [5.74, 6) is -0.187. The zero-order valence-corrected chi connectivity index (χ0v) is 17.8. The van der Waals surface area contributed by atoms with Crippen molar-refractivity contribution in [3.63, 3.8) is 0 Å². The summed E-state index contributed by atoms with van der Waals surface area (Å²) in [6, 6.07) is 14.2. The van der Waals surface area contributed by atoms with Crippen LogP contribution >= 0.6 is 11.6 Å². The summed E-state index contributed by atoms with van der Waals surface area (Å²) in [6.07, 6.45) is 4.08. The van der Waals surface area contributed by atoms with Crippen LogP contribution in [0.4, 0.5) is 10.1 Å². The fourth-order valence-corrected chi connectivity index (χ4v) is 4.22. The lowest BCUT2D eigenvalue weighted by molar-refractivity contribution is -0.123. The number of hydrogen-bond acceptors (Lipinski definition) is 3. The zero-order valence-electron chi connectivity index (χ0n) is 17.0. The first-order valence-corrected chi connectivity index (χ1v) is 10.6. The Morgan fingerprint density at radius 1 is 1.17 bits per heavy atom. The van der Waals surface area contributed by atoms with Gasteiger partial charge in [-0.2, -0.15) is 0 Å². The highest BCUT2D eigenvalue weighted by Gasteiger charge is 2.32. The van der Waals surface area contributed by atoms with Crippen LogP contribution in [-0.4, -0.2) is 24.0 Å². The van der Waals surface area contributed by atoms with Gasteiger partial charge in [0.25, 0.3) is 0 Å². The number of halogens is 2. The second-order valence-electron chi connectivity index (χ2n) is 8.37. The highest BCUT2D eigenvalue weighted by atomic mass is 35.5. The molecule has 0 unspecified atom stereocenters. The summed E-state index contributed by atoms with van der Waals surface area (Å²) in [7, 11) is 0. The molecule has 2 heterocycles. The number of carbonyl (C=O) groups excluding carboxylic acids is 1. The average molecular weight is 426 g/mol. The summed E-state index contributed by atoms with van der Waals surface area (Å²) in [5, 5.41) is 4.54. The van der Waals surface area contributed by atoms with Crippen molar-refractivity contribution in [1.29, 1.82) is 0 Å². The van der Waals surface area contributed by atoms with Crippen LogP contribution in [0.1, 0.15) is 31.7 Å². The lowest BCUT2D eigenvalue weighted by Gasteiger charge is -2.40. The number of nitrogens with one attached hydrogen (secondary N) is 1. The van der Waals surface area contributed by atoms with Gasteiger partial charge in [-0.1, -0.05) is 30.7 Å². The second-order valence-corrected chi connectivity index (χ2v) is 8.81. The summed E-state index contributed by atoms with van der Waals surface area (Å²) >= 11 is 5.90. The van der Waals surface area contributed by atoms with Gasteiger partial charge in [0.1, 0.15) is 5.82 Å². The number of fused-ring (bicyclic) bond motifs is 1. The number of carbonyl (C=O) groups is 1. The number of benzene rings is 2. The minimum atomic E-state index is -0.254. The van der Waals surface area contributed by atoms with E-state index in [1.54, 1.807) is 18.3 Å². The van der Waals surface area contributed by atoms with Gasteiger partial charge in [-0.15, -0.1) is 0 Å².